The monoisotopic (exact) mass is 465 g/mol. The van der Waals surface area contributed by atoms with Gasteiger partial charge in [-0.1, -0.05) is 48.9 Å². The number of carbonyl (C=O) groups excluding carboxylic acids is 2. The van der Waals surface area contributed by atoms with E-state index in [2.05, 4.69) is 5.32 Å². The van der Waals surface area contributed by atoms with Gasteiger partial charge in [0.15, 0.2) is 0 Å². The highest BCUT2D eigenvalue weighted by atomic mass is 35.5. The maximum Gasteiger partial charge on any atom is 0.244 e. The summed E-state index contributed by atoms with van der Waals surface area (Å²) in [6.07, 6.45) is 1.81. The molecule has 0 saturated carbocycles. The molecule has 0 heterocycles. The van der Waals surface area contributed by atoms with Gasteiger partial charge in [0.05, 0.1) is 11.9 Å². The first kappa shape index (κ1) is 24.7. The fourth-order valence-electron chi connectivity index (χ4n) is 2.97. The van der Waals surface area contributed by atoms with Crippen molar-refractivity contribution in [3.63, 3.8) is 0 Å². The number of nitrogens with zero attached hydrogens (tertiary/aromatic N) is 2. The van der Waals surface area contributed by atoms with Crippen molar-refractivity contribution in [2.75, 3.05) is 23.7 Å². The van der Waals surface area contributed by atoms with Crippen molar-refractivity contribution in [1.29, 1.82) is 0 Å². The Morgan fingerprint density at radius 2 is 1.68 bits per heavy atom. The number of hydrogen-bond acceptors (Lipinski definition) is 4. The van der Waals surface area contributed by atoms with Crippen molar-refractivity contribution in [1.82, 2.24) is 10.2 Å². The van der Waals surface area contributed by atoms with Gasteiger partial charge < -0.3 is 10.2 Å². The second kappa shape index (κ2) is 11.2. The van der Waals surface area contributed by atoms with Crippen molar-refractivity contribution < 1.29 is 18.0 Å². The van der Waals surface area contributed by atoms with Gasteiger partial charge in [0.1, 0.15) is 12.6 Å². The van der Waals surface area contributed by atoms with Gasteiger partial charge >= 0.3 is 0 Å². The third-order valence-corrected chi connectivity index (χ3v) is 6.10. The minimum absolute atomic E-state index is 0.142. The number of anilines is 1. The number of hydrogen-bond donors (Lipinski definition) is 1. The number of para-hydroxylation sites is 1. The molecule has 2 amide bonds. The van der Waals surface area contributed by atoms with Crippen LogP contribution in [0.5, 0.6) is 0 Å². The average molecular weight is 466 g/mol. The third-order valence-electron chi connectivity index (χ3n) is 4.71. The summed E-state index contributed by atoms with van der Waals surface area (Å²) in [6, 6.07) is 14.6. The van der Waals surface area contributed by atoms with E-state index in [1.807, 2.05) is 6.92 Å². The molecule has 1 atom stereocenters. The quantitative estimate of drug-likeness (QED) is 0.584. The Morgan fingerprint density at radius 3 is 2.23 bits per heavy atom. The van der Waals surface area contributed by atoms with Gasteiger partial charge in [0.2, 0.25) is 21.8 Å². The molecule has 0 fully saturated rings. The van der Waals surface area contributed by atoms with Crippen LogP contribution in [0.3, 0.4) is 0 Å². The van der Waals surface area contributed by atoms with E-state index >= 15 is 0 Å². The zero-order valence-electron chi connectivity index (χ0n) is 17.9. The molecule has 0 spiro atoms. The highest BCUT2D eigenvalue weighted by Gasteiger charge is 2.29. The third kappa shape index (κ3) is 7.25. The molecule has 0 radical (unpaired) electrons. The second-order valence-electron chi connectivity index (χ2n) is 7.22. The lowest BCUT2D eigenvalue weighted by atomic mass is 10.1. The molecule has 2 aromatic rings. The summed E-state index contributed by atoms with van der Waals surface area (Å²) in [5.41, 5.74) is 1.16. The average Bonchev–Trinajstić information content (AvgIpc) is 2.74. The fourth-order valence-corrected chi connectivity index (χ4v) is 3.95. The summed E-state index contributed by atoms with van der Waals surface area (Å²) in [7, 11) is -3.72. The van der Waals surface area contributed by atoms with Gasteiger partial charge in [-0.25, -0.2) is 8.42 Å². The summed E-state index contributed by atoms with van der Waals surface area (Å²) in [5.74, 6) is -0.779. The van der Waals surface area contributed by atoms with E-state index < -0.39 is 28.5 Å². The van der Waals surface area contributed by atoms with Crippen LogP contribution in [0.4, 0.5) is 5.69 Å². The maximum absolute atomic E-state index is 13.3. The van der Waals surface area contributed by atoms with Gasteiger partial charge in [0.25, 0.3) is 0 Å². The van der Waals surface area contributed by atoms with Gasteiger partial charge in [-0.3, -0.25) is 13.9 Å². The zero-order valence-corrected chi connectivity index (χ0v) is 19.5. The number of carbonyl (C=O) groups is 2. The number of amides is 2. The number of nitrogens with one attached hydrogen (secondary N) is 1. The Morgan fingerprint density at radius 1 is 1.06 bits per heavy atom. The number of rotatable bonds is 10. The molecule has 0 unspecified atom stereocenters. The molecular weight excluding hydrogens is 438 g/mol. The molecule has 31 heavy (non-hydrogen) atoms. The van der Waals surface area contributed by atoms with Crippen molar-refractivity contribution in [3.8, 4) is 0 Å². The van der Waals surface area contributed by atoms with Gasteiger partial charge in [-0.15, -0.1) is 0 Å². The summed E-state index contributed by atoms with van der Waals surface area (Å²) in [5, 5.41) is 3.35. The molecule has 0 aliphatic carbocycles. The Balaban J connectivity index is 2.32. The molecule has 168 valence electrons. The molecule has 2 aromatic carbocycles. The molecule has 7 nitrogen and oxygen atoms in total. The Labute approximate surface area is 189 Å². The van der Waals surface area contributed by atoms with E-state index in [1.54, 1.807) is 61.5 Å². The van der Waals surface area contributed by atoms with Crippen LogP contribution < -0.4 is 9.62 Å². The van der Waals surface area contributed by atoms with E-state index in [1.165, 1.54) is 4.90 Å². The van der Waals surface area contributed by atoms with Crippen LogP contribution in [-0.2, 0) is 26.2 Å². The SMILES string of the molecule is CCCNC(=O)[C@@H](C)N(Cc1ccc(Cl)cc1)C(=O)CN(c1ccccc1)S(C)(=O)=O. The van der Waals surface area contributed by atoms with Crippen molar-refractivity contribution in [3.05, 3.63) is 65.2 Å². The van der Waals surface area contributed by atoms with Crippen LogP contribution in [0.15, 0.2) is 54.6 Å². The normalized spacial score (nSPS) is 12.1. The maximum atomic E-state index is 13.3. The van der Waals surface area contributed by atoms with Crippen LogP contribution in [0.2, 0.25) is 5.02 Å². The van der Waals surface area contributed by atoms with E-state index in [9.17, 15) is 18.0 Å². The minimum atomic E-state index is -3.72. The van der Waals surface area contributed by atoms with Crippen molar-refractivity contribution in [2.24, 2.45) is 0 Å². The largest absolute Gasteiger partial charge is 0.354 e. The number of halogens is 1. The lowest BCUT2D eigenvalue weighted by Gasteiger charge is -2.31. The Kier molecular flexibility index (Phi) is 8.88. The highest BCUT2D eigenvalue weighted by Crippen LogP contribution is 2.19. The summed E-state index contributed by atoms with van der Waals surface area (Å²) < 4.78 is 25.8. The molecule has 1 N–H and O–H groups in total. The minimum Gasteiger partial charge on any atom is -0.354 e. The predicted molar refractivity (Wildman–Crippen MR) is 123 cm³/mol. The Hall–Kier alpha value is -2.58. The predicted octanol–water partition coefficient (Wildman–Crippen LogP) is 3.05. The molecule has 9 heteroatoms. The van der Waals surface area contributed by atoms with Crippen molar-refractivity contribution in [2.45, 2.75) is 32.9 Å². The van der Waals surface area contributed by atoms with E-state index in [4.69, 9.17) is 11.6 Å². The first-order valence-corrected chi connectivity index (χ1v) is 12.2. The first-order valence-electron chi connectivity index (χ1n) is 9.98. The van der Waals surface area contributed by atoms with Crippen LogP contribution in [0.1, 0.15) is 25.8 Å². The van der Waals surface area contributed by atoms with Crippen LogP contribution in [0.25, 0.3) is 0 Å². The summed E-state index contributed by atoms with van der Waals surface area (Å²) >= 11 is 5.95. The molecule has 0 aliphatic rings. The smallest absolute Gasteiger partial charge is 0.244 e. The number of sulfonamides is 1. The standard InChI is InChI=1S/C22H28ClN3O4S/c1-4-14-24-22(28)17(2)25(15-18-10-12-19(23)13-11-18)21(27)16-26(31(3,29)30)20-8-6-5-7-9-20/h5-13,17H,4,14-16H2,1-3H3,(H,24,28)/t17-/m1/s1. The second-order valence-corrected chi connectivity index (χ2v) is 9.56. The molecule has 0 saturated heterocycles. The lowest BCUT2D eigenvalue weighted by molar-refractivity contribution is -0.139. The molecule has 2 rings (SSSR count). The first-order chi connectivity index (χ1) is 14.6. The summed E-state index contributed by atoms with van der Waals surface area (Å²) in [4.78, 5) is 27.2. The van der Waals surface area contributed by atoms with Crippen LogP contribution >= 0.6 is 11.6 Å². The summed E-state index contributed by atoms with van der Waals surface area (Å²) in [6.45, 7) is 3.79. The van der Waals surface area contributed by atoms with Crippen LogP contribution in [0, 0.1) is 0 Å². The number of benzene rings is 2. The van der Waals surface area contributed by atoms with E-state index in [0.29, 0.717) is 17.3 Å². The van der Waals surface area contributed by atoms with E-state index in [0.717, 1.165) is 22.5 Å². The lowest BCUT2D eigenvalue weighted by Crippen LogP contribution is -2.51. The molecule has 0 aromatic heterocycles. The molecule has 0 aliphatic heterocycles. The highest BCUT2D eigenvalue weighted by molar-refractivity contribution is 7.92. The van der Waals surface area contributed by atoms with Crippen LogP contribution in [-0.4, -0.2) is 50.5 Å². The fraction of sp³-hybridized carbons (Fsp3) is 0.364. The van der Waals surface area contributed by atoms with Gasteiger partial charge in [-0.05, 0) is 43.2 Å². The molecule has 0 bridgehead atoms. The van der Waals surface area contributed by atoms with Crippen molar-refractivity contribution >= 4 is 39.1 Å². The van der Waals surface area contributed by atoms with Gasteiger partial charge in [-0.2, -0.15) is 0 Å². The van der Waals surface area contributed by atoms with Gasteiger partial charge in [0, 0.05) is 18.1 Å². The topological polar surface area (TPSA) is 86.8 Å². The molecular formula is C22H28ClN3O4S. The van der Waals surface area contributed by atoms with E-state index in [-0.39, 0.29) is 12.5 Å². The Bertz CT molecular complexity index is 982. The zero-order chi connectivity index (χ0) is 23.0.